The number of methoxy groups -OCH3 is 1. The molecule has 11 heteroatoms. The summed E-state index contributed by atoms with van der Waals surface area (Å²) < 4.78 is 26.1. The second-order valence-electron chi connectivity index (χ2n) is 15.4. The molecule has 0 spiro atoms. The largest absolute Gasteiger partial charge is 0.459 e. The van der Waals surface area contributed by atoms with Crippen LogP contribution in [0.3, 0.4) is 0 Å². The SMILES string of the molecule is C=CCO[C@@]12Oc3ccc(Oc4ccc(SC)cc4)cc3[C@H]3[C@H](CCCCO)[C@@H](CCCCO)C=C(C(=NOC(C)(C)C)C[C@@H]1N(CCC)C(=O)OC)[C@H]32. The smallest absolute Gasteiger partial charge is 0.409 e. The van der Waals surface area contributed by atoms with E-state index in [-0.39, 0.29) is 37.6 Å². The highest BCUT2D eigenvalue weighted by Crippen LogP contribution is 2.62. The van der Waals surface area contributed by atoms with E-state index in [1.807, 2.05) is 70.3 Å². The molecule has 1 heterocycles. The number of thioether (sulfide) groups is 1. The molecule has 2 N–H and O–H groups in total. The van der Waals surface area contributed by atoms with E-state index in [0.717, 1.165) is 53.2 Å². The van der Waals surface area contributed by atoms with Gasteiger partial charge in [-0.15, -0.1) is 18.3 Å². The average molecular weight is 765 g/mol. The molecule has 1 amide bonds. The number of hydrogen-bond acceptors (Lipinski definition) is 10. The van der Waals surface area contributed by atoms with Crippen molar-refractivity contribution in [2.45, 2.75) is 107 Å². The van der Waals surface area contributed by atoms with Gasteiger partial charge in [-0.05, 0) is 119 Å². The number of nitrogens with zero attached hydrogens (tertiary/aromatic N) is 2. The number of carbonyl (C=O) groups excluding carboxylic acids is 1. The van der Waals surface area contributed by atoms with Gasteiger partial charge in [0.05, 0.1) is 25.3 Å². The van der Waals surface area contributed by atoms with Crippen LogP contribution in [-0.4, -0.2) is 84.1 Å². The first-order valence-electron chi connectivity index (χ1n) is 19.5. The molecule has 0 bridgehead atoms. The summed E-state index contributed by atoms with van der Waals surface area (Å²) >= 11 is 1.68. The minimum atomic E-state index is -1.33. The second kappa shape index (κ2) is 18.9. The van der Waals surface area contributed by atoms with Crippen molar-refractivity contribution < 1.29 is 38.8 Å². The van der Waals surface area contributed by atoms with Gasteiger partial charge >= 0.3 is 6.09 Å². The lowest BCUT2D eigenvalue weighted by molar-refractivity contribution is -0.255. The minimum absolute atomic E-state index is 0.107. The Hall–Kier alpha value is -3.51. The number of carbonyl (C=O) groups is 1. The molecule has 0 saturated heterocycles. The van der Waals surface area contributed by atoms with E-state index in [9.17, 15) is 15.0 Å². The Labute approximate surface area is 325 Å². The Morgan fingerprint density at radius 3 is 2.41 bits per heavy atom. The van der Waals surface area contributed by atoms with Crippen LogP contribution >= 0.6 is 11.8 Å². The Morgan fingerprint density at radius 1 is 1.07 bits per heavy atom. The first kappa shape index (κ1) is 41.6. The van der Waals surface area contributed by atoms with Gasteiger partial charge in [-0.25, -0.2) is 4.79 Å². The number of aliphatic hydroxyl groups is 2. The van der Waals surface area contributed by atoms with Crippen molar-refractivity contribution in [3.8, 4) is 17.2 Å². The average Bonchev–Trinajstić information content (AvgIpc) is 3.16. The van der Waals surface area contributed by atoms with Crippen LogP contribution < -0.4 is 9.47 Å². The van der Waals surface area contributed by atoms with Crippen molar-refractivity contribution in [1.82, 2.24) is 4.90 Å². The van der Waals surface area contributed by atoms with E-state index in [2.05, 4.69) is 18.7 Å². The van der Waals surface area contributed by atoms with Crippen molar-refractivity contribution in [3.05, 3.63) is 72.3 Å². The molecule has 5 rings (SSSR count). The van der Waals surface area contributed by atoms with E-state index >= 15 is 0 Å². The normalized spacial score (nSPS) is 25.1. The third-order valence-electron chi connectivity index (χ3n) is 10.6. The van der Waals surface area contributed by atoms with E-state index in [4.69, 9.17) is 28.9 Å². The van der Waals surface area contributed by atoms with Crippen molar-refractivity contribution in [2.75, 3.05) is 39.7 Å². The van der Waals surface area contributed by atoms with Crippen LogP contribution in [0.2, 0.25) is 0 Å². The van der Waals surface area contributed by atoms with Crippen LogP contribution in [-0.2, 0) is 14.3 Å². The maximum absolute atomic E-state index is 13.7. The molecule has 54 heavy (non-hydrogen) atoms. The fourth-order valence-electron chi connectivity index (χ4n) is 8.42. The fraction of sp³-hybridized carbons (Fsp3) is 0.581. The zero-order valence-corrected chi connectivity index (χ0v) is 33.7. The quantitative estimate of drug-likeness (QED) is 0.0663. The standard InChI is InChI=1S/C43H60N2O8S/c1-8-22-45(41(48)49-6)38-28-36(44-53-42(3,4)5)34-26-29(14-10-12-23-46)33(15-11-13-24-47)39-35-27-31(51-30-16-19-32(54-7)20-17-30)18-21-37(35)52-43(38,40(34)39)50-25-9-2/h9,16-21,26-27,29,33,38-40,46-47H,2,8,10-15,22-25,28H2,1,3-7H3/t29-,33+,38-,39+,40+,43+/m0/s1. The lowest BCUT2D eigenvalue weighted by Gasteiger charge is -2.59. The summed E-state index contributed by atoms with van der Waals surface area (Å²) in [5.41, 5.74) is 2.18. The highest BCUT2D eigenvalue weighted by Gasteiger charge is 2.65. The molecule has 0 unspecified atom stereocenters. The Balaban J connectivity index is 1.78. The zero-order valence-electron chi connectivity index (χ0n) is 32.9. The third-order valence-corrected chi connectivity index (χ3v) is 11.4. The number of unbranched alkanes of at least 4 members (excludes halogenated alkanes) is 2. The molecule has 2 aromatic carbocycles. The molecule has 0 aromatic heterocycles. The number of fused-ring (bicyclic) bond motifs is 2. The summed E-state index contributed by atoms with van der Waals surface area (Å²) in [6.07, 6.45) is 11.5. The van der Waals surface area contributed by atoms with Gasteiger partial charge in [0.1, 0.15) is 28.9 Å². The first-order chi connectivity index (χ1) is 26.0. The number of ether oxygens (including phenoxy) is 4. The Morgan fingerprint density at radius 2 is 1.78 bits per heavy atom. The predicted molar refractivity (Wildman–Crippen MR) is 213 cm³/mol. The number of amides is 1. The molecule has 1 saturated carbocycles. The van der Waals surface area contributed by atoms with Gasteiger partial charge in [0.15, 0.2) is 0 Å². The number of hydrogen-bond donors (Lipinski definition) is 2. The molecule has 1 aliphatic heterocycles. The molecule has 1 fully saturated rings. The van der Waals surface area contributed by atoms with Gasteiger partial charge in [0.2, 0.25) is 5.79 Å². The van der Waals surface area contributed by atoms with Crippen molar-refractivity contribution in [2.24, 2.45) is 22.9 Å². The van der Waals surface area contributed by atoms with Crippen LogP contribution in [0.25, 0.3) is 0 Å². The van der Waals surface area contributed by atoms with Gasteiger partial charge in [0, 0.05) is 42.6 Å². The summed E-state index contributed by atoms with van der Waals surface area (Å²) in [5.74, 6) is 0.447. The van der Waals surface area contributed by atoms with Gasteiger partial charge < -0.3 is 34.0 Å². The molecule has 2 aliphatic carbocycles. The number of oxime groups is 1. The van der Waals surface area contributed by atoms with Crippen LogP contribution in [0.5, 0.6) is 17.2 Å². The lowest BCUT2D eigenvalue weighted by Crippen LogP contribution is -2.70. The number of allylic oxidation sites excluding steroid dienone is 1. The molecule has 2 aromatic rings. The van der Waals surface area contributed by atoms with Crippen molar-refractivity contribution >= 4 is 23.6 Å². The summed E-state index contributed by atoms with van der Waals surface area (Å²) in [6.45, 7) is 12.8. The Kier molecular flexibility index (Phi) is 14.6. The molecule has 296 valence electrons. The van der Waals surface area contributed by atoms with Crippen LogP contribution in [0.4, 0.5) is 4.79 Å². The monoisotopic (exact) mass is 764 g/mol. The highest BCUT2D eigenvalue weighted by atomic mass is 32.2. The van der Waals surface area contributed by atoms with Crippen LogP contribution in [0.1, 0.15) is 90.5 Å². The molecule has 10 nitrogen and oxygen atoms in total. The van der Waals surface area contributed by atoms with Gasteiger partial charge in [-0.3, -0.25) is 4.90 Å². The summed E-state index contributed by atoms with van der Waals surface area (Å²) in [5, 5.41) is 24.6. The summed E-state index contributed by atoms with van der Waals surface area (Å²) in [7, 11) is 1.40. The maximum Gasteiger partial charge on any atom is 0.409 e. The maximum atomic E-state index is 13.7. The van der Waals surface area contributed by atoms with Crippen LogP contribution in [0, 0.1) is 17.8 Å². The lowest BCUT2D eigenvalue weighted by atomic mass is 9.55. The van der Waals surface area contributed by atoms with Gasteiger partial charge in [-0.2, -0.15) is 0 Å². The molecule has 3 aliphatic rings. The molecular weight excluding hydrogens is 705 g/mol. The van der Waals surface area contributed by atoms with Gasteiger partial charge in [-0.1, -0.05) is 37.1 Å². The number of rotatable bonds is 18. The summed E-state index contributed by atoms with van der Waals surface area (Å²) in [6, 6.07) is 13.4. The predicted octanol–water partition coefficient (Wildman–Crippen LogP) is 9.11. The first-order valence-corrected chi connectivity index (χ1v) is 20.7. The fourth-order valence-corrected chi connectivity index (χ4v) is 8.82. The minimum Gasteiger partial charge on any atom is -0.459 e. The zero-order chi connectivity index (χ0) is 38.9. The molecular formula is C43H60N2O8S. The molecule has 0 radical (unpaired) electrons. The summed E-state index contributed by atoms with van der Waals surface area (Å²) in [4.78, 5) is 22.8. The van der Waals surface area contributed by atoms with Gasteiger partial charge in [0.25, 0.3) is 0 Å². The third kappa shape index (κ3) is 9.29. The van der Waals surface area contributed by atoms with Crippen molar-refractivity contribution in [3.63, 3.8) is 0 Å². The van der Waals surface area contributed by atoms with Crippen molar-refractivity contribution in [1.29, 1.82) is 0 Å². The van der Waals surface area contributed by atoms with Crippen LogP contribution in [0.15, 0.2) is 76.8 Å². The van der Waals surface area contributed by atoms with E-state index < -0.39 is 29.4 Å². The number of benzene rings is 2. The van der Waals surface area contributed by atoms with E-state index in [1.54, 1.807) is 22.7 Å². The van der Waals surface area contributed by atoms with E-state index in [1.165, 1.54) is 7.11 Å². The molecule has 6 atom stereocenters. The highest BCUT2D eigenvalue weighted by molar-refractivity contribution is 7.98. The topological polar surface area (TPSA) is 119 Å². The second-order valence-corrected chi connectivity index (χ2v) is 16.3. The number of aliphatic hydroxyl groups excluding tert-OH is 2. The Bertz CT molecular complexity index is 1620. The van der Waals surface area contributed by atoms with E-state index in [0.29, 0.717) is 43.7 Å².